The van der Waals surface area contributed by atoms with Crippen molar-refractivity contribution in [3.8, 4) is 0 Å². The molecule has 34 heavy (non-hydrogen) atoms. The van der Waals surface area contributed by atoms with Gasteiger partial charge >= 0.3 is 5.69 Å². The molecule has 5 aromatic rings. The summed E-state index contributed by atoms with van der Waals surface area (Å²) in [6.07, 6.45) is 3.10. The van der Waals surface area contributed by atoms with Crippen LogP contribution < -0.4 is 16.3 Å². The highest BCUT2D eigenvalue weighted by atomic mass is 16.3. The van der Waals surface area contributed by atoms with Crippen LogP contribution in [0.4, 0.5) is 11.4 Å². The van der Waals surface area contributed by atoms with Gasteiger partial charge < -0.3 is 15.1 Å². The van der Waals surface area contributed by atoms with Crippen molar-refractivity contribution in [1.82, 2.24) is 14.2 Å². The molecule has 2 aromatic carbocycles. The molecule has 0 aliphatic rings. The largest absolute Gasteiger partial charge is 0.459 e. The lowest BCUT2D eigenvalue weighted by Crippen LogP contribution is -2.21. The predicted octanol–water partition coefficient (Wildman–Crippen LogP) is 3.64. The van der Waals surface area contributed by atoms with Crippen LogP contribution in [0, 0.1) is 0 Å². The Morgan fingerprint density at radius 2 is 1.68 bits per heavy atom. The Balaban J connectivity index is 1.26. The van der Waals surface area contributed by atoms with E-state index in [-0.39, 0.29) is 29.8 Å². The molecular formula is C25H19N5O4. The number of fused-ring (bicyclic) bond motifs is 1. The van der Waals surface area contributed by atoms with Gasteiger partial charge in [0.15, 0.2) is 11.4 Å². The Morgan fingerprint density at radius 1 is 0.853 bits per heavy atom. The monoisotopic (exact) mass is 453 g/mol. The number of anilines is 2. The average molecular weight is 453 g/mol. The number of carbonyl (C=O) groups excluding carboxylic acids is 2. The van der Waals surface area contributed by atoms with Gasteiger partial charge in [0.25, 0.3) is 11.8 Å². The maximum absolute atomic E-state index is 12.7. The summed E-state index contributed by atoms with van der Waals surface area (Å²) in [5.41, 5.74) is 2.72. The Hall–Kier alpha value is -4.92. The number of hydrogen-bond acceptors (Lipinski definition) is 5. The number of nitrogens with zero attached hydrogens (tertiary/aromatic N) is 3. The lowest BCUT2D eigenvalue weighted by Gasteiger charge is -2.08. The van der Waals surface area contributed by atoms with Crippen molar-refractivity contribution < 1.29 is 14.0 Å². The van der Waals surface area contributed by atoms with E-state index in [2.05, 4.69) is 15.7 Å². The second-order valence-electron chi connectivity index (χ2n) is 7.53. The fourth-order valence-electron chi connectivity index (χ4n) is 3.50. The molecule has 168 valence electrons. The number of rotatable bonds is 6. The zero-order chi connectivity index (χ0) is 23.5. The Labute approximate surface area is 193 Å². The van der Waals surface area contributed by atoms with Crippen LogP contribution >= 0.6 is 0 Å². The highest BCUT2D eigenvalue weighted by molar-refractivity contribution is 6.05. The van der Waals surface area contributed by atoms with Crippen LogP contribution in [0.25, 0.3) is 5.65 Å². The third kappa shape index (κ3) is 4.35. The first-order chi connectivity index (χ1) is 16.6. The summed E-state index contributed by atoms with van der Waals surface area (Å²) >= 11 is 0. The van der Waals surface area contributed by atoms with Gasteiger partial charge in [-0.05, 0) is 66.2 Å². The minimum Gasteiger partial charge on any atom is -0.459 e. The lowest BCUT2D eigenvalue weighted by molar-refractivity contribution is 0.0995. The topological polar surface area (TPSA) is 111 Å². The first kappa shape index (κ1) is 21.0. The van der Waals surface area contributed by atoms with Crippen molar-refractivity contribution in [3.05, 3.63) is 119 Å². The maximum atomic E-state index is 12.7. The van der Waals surface area contributed by atoms with Crippen LogP contribution in [0.2, 0.25) is 0 Å². The number of hydrogen-bond donors (Lipinski definition) is 2. The van der Waals surface area contributed by atoms with Gasteiger partial charge in [-0.2, -0.15) is 0 Å². The maximum Gasteiger partial charge on any atom is 0.350 e. The van der Waals surface area contributed by atoms with Gasteiger partial charge in [0.05, 0.1) is 12.8 Å². The van der Waals surface area contributed by atoms with Crippen molar-refractivity contribution in [2.24, 2.45) is 0 Å². The van der Waals surface area contributed by atoms with Crippen LogP contribution in [0.1, 0.15) is 26.5 Å². The van der Waals surface area contributed by atoms with E-state index in [4.69, 9.17) is 4.42 Å². The second kappa shape index (κ2) is 8.91. The van der Waals surface area contributed by atoms with Crippen LogP contribution in [-0.4, -0.2) is 26.0 Å². The molecule has 3 heterocycles. The number of furan rings is 1. The number of aromatic nitrogens is 3. The molecule has 0 atom stereocenters. The SMILES string of the molecule is O=C(Nc1cccc(Cn2nc3ccccn3c2=O)c1)c1ccc(NC(=O)c2ccco2)cc1. The van der Waals surface area contributed by atoms with Gasteiger partial charge in [0.2, 0.25) is 0 Å². The Kier molecular flexibility index (Phi) is 5.49. The quantitative estimate of drug-likeness (QED) is 0.408. The highest BCUT2D eigenvalue weighted by Gasteiger charge is 2.11. The summed E-state index contributed by atoms with van der Waals surface area (Å²) in [6, 6.07) is 22.3. The standard InChI is InChI=1S/C25H19N5O4/c31-23(18-9-11-19(12-10-18)26-24(32)21-7-4-14-34-21)27-20-6-3-5-17(15-20)16-30-25(33)29-13-2-1-8-22(29)28-30/h1-15H,16H2,(H,26,32)(H,27,31). The number of carbonyl (C=O) groups is 2. The fourth-order valence-corrected chi connectivity index (χ4v) is 3.50. The van der Waals surface area contributed by atoms with Crippen LogP contribution in [0.5, 0.6) is 0 Å². The lowest BCUT2D eigenvalue weighted by atomic mass is 10.1. The second-order valence-corrected chi connectivity index (χ2v) is 7.53. The van der Waals surface area contributed by atoms with Crippen LogP contribution in [0.3, 0.4) is 0 Å². The van der Waals surface area contributed by atoms with Crippen molar-refractivity contribution in [3.63, 3.8) is 0 Å². The first-order valence-corrected chi connectivity index (χ1v) is 10.5. The van der Waals surface area contributed by atoms with Gasteiger partial charge in [-0.3, -0.25) is 14.0 Å². The molecule has 0 fully saturated rings. The van der Waals surface area contributed by atoms with E-state index in [0.29, 0.717) is 22.6 Å². The number of pyridine rings is 1. The first-order valence-electron chi connectivity index (χ1n) is 10.5. The van der Waals surface area contributed by atoms with E-state index in [1.165, 1.54) is 15.3 Å². The molecule has 0 saturated heterocycles. The number of amides is 2. The van der Waals surface area contributed by atoms with Gasteiger partial charge in [-0.1, -0.05) is 18.2 Å². The van der Waals surface area contributed by atoms with Gasteiger partial charge in [0, 0.05) is 23.1 Å². The molecule has 2 amide bonds. The molecule has 0 saturated carbocycles. The molecule has 3 aromatic heterocycles. The van der Waals surface area contributed by atoms with E-state index in [1.807, 2.05) is 12.1 Å². The molecule has 0 radical (unpaired) electrons. The van der Waals surface area contributed by atoms with Crippen molar-refractivity contribution >= 4 is 28.8 Å². The summed E-state index contributed by atoms with van der Waals surface area (Å²) in [5.74, 6) is -0.470. The average Bonchev–Trinajstić information content (AvgIpc) is 3.49. The van der Waals surface area contributed by atoms with Gasteiger partial charge in [0.1, 0.15) is 0 Å². The van der Waals surface area contributed by atoms with Crippen molar-refractivity contribution in [1.29, 1.82) is 0 Å². The molecule has 0 aliphatic carbocycles. The van der Waals surface area contributed by atoms with E-state index < -0.39 is 0 Å². The summed E-state index contributed by atoms with van der Waals surface area (Å²) in [7, 11) is 0. The van der Waals surface area contributed by atoms with Gasteiger partial charge in [-0.25, -0.2) is 9.48 Å². The molecule has 9 heteroatoms. The minimum atomic E-state index is -0.372. The summed E-state index contributed by atoms with van der Waals surface area (Å²) in [4.78, 5) is 37.3. The molecule has 0 aliphatic heterocycles. The molecule has 9 nitrogen and oxygen atoms in total. The minimum absolute atomic E-state index is 0.201. The van der Waals surface area contributed by atoms with Crippen molar-refractivity contribution in [2.75, 3.05) is 10.6 Å². The van der Waals surface area contributed by atoms with Crippen molar-refractivity contribution in [2.45, 2.75) is 6.54 Å². The van der Waals surface area contributed by atoms with E-state index in [0.717, 1.165) is 5.56 Å². The molecule has 0 unspecified atom stereocenters. The molecule has 2 N–H and O–H groups in total. The molecule has 0 spiro atoms. The third-order valence-electron chi connectivity index (χ3n) is 5.16. The Bertz CT molecular complexity index is 1530. The zero-order valence-electron chi connectivity index (χ0n) is 17.8. The number of nitrogens with one attached hydrogen (secondary N) is 2. The number of benzene rings is 2. The van der Waals surface area contributed by atoms with Gasteiger partial charge in [-0.15, -0.1) is 5.10 Å². The fraction of sp³-hybridized carbons (Fsp3) is 0.0400. The van der Waals surface area contributed by atoms with E-state index >= 15 is 0 Å². The smallest absolute Gasteiger partial charge is 0.350 e. The third-order valence-corrected chi connectivity index (χ3v) is 5.16. The Morgan fingerprint density at radius 3 is 2.44 bits per heavy atom. The van der Waals surface area contributed by atoms with Crippen LogP contribution in [0.15, 0.2) is 101 Å². The summed E-state index contributed by atoms with van der Waals surface area (Å²) < 4.78 is 7.92. The summed E-state index contributed by atoms with van der Waals surface area (Å²) in [5, 5.41) is 9.89. The molecule has 0 bridgehead atoms. The van der Waals surface area contributed by atoms with E-state index in [1.54, 1.807) is 72.9 Å². The highest BCUT2D eigenvalue weighted by Crippen LogP contribution is 2.16. The van der Waals surface area contributed by atoms with Crippen LogP contribution in [-0.2, 0) is 6.54 Å². The zero-order valence-corrected chi connectivity index (χ0v) is 17.8. The molecule has 5 rings (SSSR count). The summed E-state index contributed by atoms with van der Waals surface area (Å²) in [6.45, 7) is 0.272. The molecular weight excluding hydrogens is 434 g/mol. The normalized spacial score (nSPS) is 10.8. The predicted molar refractivity (Wildman–Crippen MR) is 126 cm³/mol. The van der Waals surface area contributed by atoms with E-state index in [9.17, 15) is 14.4 Å².